The van der Waals surface area contributed by atoms with Crippen LogP contribution in [0, 0.1) is 5.82 Å². The molecule has 0 amide bonds. The summed E-state index contributed by atoms with van der Waals surface area (Å²) in [5, 5.41) is 9.10. The molecule has 0 saturated carbocycles. The number of sulfonamides is 1. The largest absolute Gasteiger partial charge is 0.392 e. The van der Waals surface area contributed by atoms with E-state index < -0.39 is 15.8 Å². The first kappa shape index (κ1) is 16.0. The van der Waals surface area contributed by atoms with Gasteiger partial charge in [0.25, 0.3) is 10.0 Å². The van der Waals surface area contributed by atoms with E-state index >= 15 is 0 Å². The highest BCUT2D eigenvalue weighted by Gasteiger charge is 2.19. The van der Waals surface area contributed by atoms with E-state index in [2.05, 4.69) is 4.72 Å². The van der Waals surface area contributed by atoms with Crippen LogP contribution in [-0.4, -0.2) is 13.5 Å². The predicted molar refractivity (Wildman–Crippen MR) is 79.6 cm³/mol. The highest BCUT2D eigenvalue weighted by Crippen LogP contribution is 2.26. The zero-order chi connectivity index (χ0) is 15.6. The normalized spacial score (nSPS) is 11.4. The number of aliphatic hydroxyl groups is 1. The van der Waals surface area contributed by atoms with Gasteiger partial charge in [0, 0.05) is 5.02 Å². The summed E-state index contributed by atoms with van der Waals surface area (Å²) < 4.78 is 40.0. The van der Waals surface area contributed by atoms with Gasteiger partial charge in [-0.15, -0.1) is 0 Å². The van der Waals surface area contributed by atoms with Gasteiger partial charge in [0.15, 0.2) is 0 Å². The first-order valence-corrected chi connectivity index (χ1v) is 7.94. The van der Waals surface area contributed by atoms with Gasteiger partial charge in [-0.3, -0.25) is 4.72 Å². The van der Waals surface area contributed by atoms with Crippen molar-refractivity contribution in [2.24, 2.45) is 0 Å². The zero-order valence-electron chi connectivity index (χ0n) is 10.5. The molecule has 2 rings (SSSR count). The molecular weight excluding hydrogens is 340 g/mol. The van der Waals surface area contributed by atoms with E-state index in [1.54, 1.807) is 0 Å². The fourth-order valence-corrected chi connectivity index (χ4v) is 3.49. The molecule has 2 N–H and O–H groups in total. The molecule has 8 heteroatoms. The molecule has 0 aromatic heterocycles. The van der Waals surface area contributed by atoms with E-state index in [9.17, 15) is 12.8 Å². The minimum atomic E-state index is -4.03. The predicted octanol–water partition coefficient (Wildman–Crippen LogP) is 3.43. The van der Waals surface area contributed by atoms with E-state index in [0.717, 1.165) is 12.1 Å². The van der Waals surface area contributed by atoms with Gasteiger partial charge in [-0.05, 0) is 35.9 Å². The highest BCUT2D eigenvalue weighted by molar-refractivity contribution is 7.92. The average Bonchev–Trinajstić information content (AvgIpc) is 2.37. The van der Waals surface area contributed by atoms with Crippen molar-refractivity contribution in [3.05, 3.63) is 57.8 Å². The van der Waals surface area contributed by atoms with Crippen LogP contribution >= 0.6 is 23.2 Å². The molecule has 0 aliphatic rings. The Bertz CT molecular complexity index is 761. The molecule has 0 heterocycles. The van der Waals surface area contributed by atoms with E-state index in [1.807, 2.05) is 0 Å². The summed E-state index contributed by atoms with van der Waals surface area (Å²) in [4.78, 5) is -0.212. The number of anilines is 1. The van der Waals surface area contributed by atoms with Crippen molar-refractivity contribution in [2.45, 2.75) is 11.5 Å². The highest BCUT2D eigenvalue weighted by atomic mass is 35.5. The van der Waals surface area contributed by atoms with Gasteiger partial charge in [-0.1, -0.05) is 29.3 Å². The first-order valence-electron chi connectivity index (χ1n) is 5.70. The summed E-state index contributed by atoms with van der Waals surface area (Å²) in [6, 6.07) is 7.42. The van der Waals surface area contributed by atoms with Crippen molar-refractivity contribution in [2.75, 3.05) is 4.72 Å². The van der Waals surface area contributed by atoms with Gasteiger partial charge in [0.2, 0.25) is 0 Å². The number of rotatable bonds is 4. The van der Waals surface area contributed by atoms with Gasteiger partial charge < -0.3 is 5.11 Å². The Labute approximate surface area is 131 Å². The molecule has 0 aliphatic carbocycles. The van der Waals surface area contributed by atoms with Crippen LogP contribution in [0.3, 0.4) is 0 Å². The fraction of sp³-hybridized carbons (Fsp3) is 0.0769. The molecule has 0 bridgehead atoms. The molecule has 0 fully saturated rings. The second kappa shape index (κ2) is 6.19. The molecule has 0 radical (unpaired) electrons. The Kier molecular flexibility index (Phi) is 4.73. The molecule has 0 saturated heterocycles. The molecule has 0 aliphatic heterocycles. The molecule has 4 nitrogen and oxygen atoms in total. The summed E-state index contributed by atoms with van der Waals surface area (Å²) in [7, 11) is -4.03. The minimum absolute atomic E-state index is 0.0119. The van der Waals surface area contributed by atoms with Crippen LogP contribution in [0.1, 0.15) is 5.56 Å². The van der Waals surface area contributed by atoms with Crippen LogP contribution < -0.4 is 4.72 Å². The van der Waals surface area contributed by atoms with Crippen molar-refractivity contribution in [3.8, 4) is 0 Å². The third kappa shape index (κ3) is 3.85. The molecule has 112 valence electrons. The van der Waals surface area contributed by atoms with Crippen molar-refractivity contribution < 1.29 is 17.9 Å². The van der Waals surface area contributed by atoms with Gasteiger partial charge in [-0.2, -0.15) is 0 Å². The number of benzene rings is 2. The maximum atomic E-state index is 13.2. The van der Waals surface area contributed by atoms with E-state index in [0.29, 0.717) is 5.56 Å². The maximum absolute atomic E-state index is 13.2. The first-order chi connectivity index (χ1) is 9.81. The second-order valence-corrected chi connectivity index (χ2v) is 6.68. The smallest absolute Gasteiger partial charge is 0.263 e. The summed E-state index contributed by atoms with van der Waals surface area (Å²) >= 11 is 11.5. The van der Waals surface area contributed by atoms with Crippen molar-refractivity contribution >= 4 is 38.9 Å². The number of hydrogen-bond acceptors (Lipinski definition) is 3. The zero-order valence-corrected chi connectivity index (χ0v) is 12.8. The number of halogens is 3. The monoisotopic (exact) mass is 349 g/mol. The Morgan fingerprint density at radius 2 is 1.86 bits per heavy atom. The van der Waals surface area contributed by atoms with Crippen LogP contribution in [0.25, 0.3) is 0 Å². The van der Waals surface area contributed by atoms with Crippen LogP contribution in [0.2, 0.25) is 10.0 Å². The lowest BCUT2D eigenvalue weighted by atomic mass is 10.2. The van der Waals surface area contributed by atoms with Crippen LogP contribution in [-0.2, 0) is 16.6 Å². The molecule has 0 unspecified atom stereocenters. The number of hydrogen-bond donors (Lipinski definition) is 2. The molecule has 2 aromatic rings. The molecule has 21 heavy (non-hydrogen) atoms. The summed E-state index contributed by atoms with van der Waals surface area (Å²) in [6.45, 7) is -0.328. The molecule has 2 aromatic carbocycles. The topological polar surface area (TPSA) is 66.4 Å². The summed E-state index contributed by atoms with van der Waals surface area (Å²) in [5.74, 6) is -0.671. The van der Waals surface area contributed by atoms with E-state index in [-0.39, 0.29) is 27.2 Å². The van der Waals surface area contributed by atoms with Gasteiger partial charge in [-0.25, -0.2) is 12.8 Å². The molecule has 0 spiro atoms. The molecule has 0 atom stereocenters. The SMILES string of the molecule is O=S(=O)(Nc1cc(F)cc(Cl)c1)c1cc(CO)ccc1Cl. The third-order valence-corrected chi connectivity index (χ3v) is 4.66. The van der Waals surface area contributed by atoms with Gasteiger partial charge >= 0.3 is 0 Å². The van der Waals surface area contributed by atoms with Crippen molar-refractivity contribution in [1.29, 1.82) is 0 Å². The van der Waals surface area contributed by atoms with Gasteiger partial charge in [0.1, 0.15) is 10.7 Å². The van der Waals surface area contributed by atoms with E-state index in [1.165, 1.54) is 24.3 Å². The molecular formula is C13H10Cl2FNO3S. The quantitative estimate of drug-likeness (QED) is 0.888. The van der Waals surface area contributed by atoms with Crippen molar-refractivity contribution in [1.82, 2.24) is 0 Å². The lowest BCUT2D eigenvalue weighted by Crippen LogP contribution is -2.14. The standard InChI is InChI=1S/C13H10Cl2FNO3S/c14-9-4-10(16)6-11(5-9)17-21(19,20)13-3-8(7-18)1-2-12(13)15/h1-6,17-18H,7H2. The lowest BCUT2D eigenvalue weighted by molar-refractivity contribution is 0.281. The maximum Gasteiger partial charge on any atom is 0.263 e. The van der Waals surface area contributed by atoms with Crippen LogP contribution in [0.4, 0.5) is 10.1 Å². The summed E-state index contributed by atoms with van der Waals surface area (Å²) in [6.07, 6.45) is 0. The third-order valence-electron chi connectivity index (χ3n) is 2.58. The minimum Gasteiger partial charge on any atom is -0.392 e. The van der Waals surface area contributed by atoms with Crippen molar-refractivity contribution in [3.63, 3.8) is 0 Å². The van der Waals surface area contributed by atoms with Crippen LogP contribution in [0.5, 0.6) is 0 Å². The van der Waals surface area contributed by atoms with E-state index in [4.69, 9.17) is 28.3 Å². The Balaban J connectivity index is 2.42. The summed E-state index contributed by atoms with van der Waals surface area (Å²) in [5.41, 5.74) is 0.363. The Morgan fingerprint density at radius 3 is 2.48 bits per heavy atom. The Hall–Kier alpha value is -1.34. The second-order valence-electron chi connectivity index (χ2n) is 4.19. The average molecular weight is 350 g/mol. The van der Waals surface area contributed by atoms with Gasteiger partial charge in [0.05, 0.1) is 17.3 Å². The number of aliphatic hydroxyl groups excluding tert-OH is 1. The lowest BCUT2D eigenvalue weighted by Gasteiger charge is -2.11. The fourth-order valence-electron chi connectivity index (χ4n) is 1.67. The number of nitrogens with one attached hydrogen (secondary N) is 1. The Morgan fingerprint density at radius 1 is 1.14 bits per heavy atom. The van der Waals surface area contributed by atoms with Crippen LogP contribution in [0.15, 0.2) is 41.3 Å².